The van der Waals surface area contributed by atoms with Gasteiger partial charge in [-0.15, -0.1) is 0 Å². The molecule has 0 aliphatic rings. The SMILES string of the molecule is OC(F)(F)C(F)(F)OC(F)(F)C(F)(F)OC(F)(F)C(F)(F)OC(F)(F)C(F)(C(F)(F)OC(F)(F)C(F)(F)OC(F)(F)C(F)(F)OC(F)(F)C(O)(F)F)C(F)(F)OC(F)(F)C(F)(F)OC(F)(F)C(F)(F)OC(F)(F)C(O)(F)F. The Morgan fingerprint density at radius 2 is 0.208 bits per heavy atom. The highest BCUT2D eigenvalue weighted by Crippen LogP contribution is 2.62. The third-order valence-electron chi connectivity index (χ3n) is 6.59. The van der Waals surface area contributed by atoms with Gasteiger partial charge in [0.05, 0.1) is 0 Å². The Hall–Kier alpha value is -3.49. The van der Waals surface area contributed by atoms with Crippen LogP contribution in [0.15, 0.2) is 0 Å². The monoisotopic (exact) mass is 1280 g/mol. The standard InChI is InChI=1S/C22H3F43O12/c23-1(5(30,31)69-11(42,43)17(54,55)75-20(60,61)14(48,49)72-8(36,37)2(24,25)66,6(32,33)70-12(44,45)18(56,57)76-21(62,63)15(50,51)73-9(38,39)3(26,27)67)7(34,35)71-13(46,47)19(58,59)77-22(64,65)16(52,53)74-10(40,41)4(28,29)68/h66-68H. The Balaban J connectivity index is 8.26. The minimum absolute atomic E-state index is 0.572. The maximum Gasteiger partial charge on any atom is 0.453 e. The van der Waals surface area contributed by atoms with E-state index in [9.17, 15) is 184 Å². The number of rotatable bonds is 30. The summed E-state index contributed by atoms with van der Waals surface area (Å²) in [6.07, 6.45) is -182. The zero-order valence-corrected chi connectivity index (χ0v) is 32.3. The van der Waals surface area contributed by atoms with Crippen LogP contribution in [-0.4, -0.2) is 149 Å². The molecular weight excluding hydrogens is 1270 g/mol. The molecule has 0 rings (SSSR count). The summed E-state index contributed by atoms with van der Waals surface area (Å²) in [6.45, 7) is 0. The lowest BCUT2D eigenvalue weighted by atomic mass is 10.0. The number of hydrogen-bond donors (Lipinski definition) is 3. The van der Waals surface area contributed by atoms with E-state index in [1.807, 2.05) is 0 Å². The molecule has 55 heteroatoms. The van der Waals surface area contributed by atoms with Gasteiger partial charge in [-0.25, -0.2) is 47.0 Å². The first-order valence-electron chi connectivity index (χ1n) is 15.5. The van der Waals surface area contributed by atoms with Gasteiger partial charge in [0.2, 0.25) is 0 Å². The van der Waals surface area contributed by atoms with Crippen LogP contribution in [-0.2, 0) is 42.6 Å². The van der Waals surface area contributed by atoms with E-state index < -0.39 is 134 Å². The molecule has 0 radical (unpaired) electrons. The van der Waals surface area contributed by atoms with Gasteiger partial charge in [0.15, 0.2) is 0 Å². The third-order valence-corrected chi connectivity index (χ3v) is 6.59. The second-order valence-electron chi connectivity index (χ2n) is 12.5. The second kappa shape index (κ2) is 19.6. The van der Waals surface area contributed by atoms with E-state index in [-0.39, 0.29) is 0 Å². The van der Waals surface area contributed by atoms with Gasteiger partial charge in [0, 0.05) is 0 Å². The highest BCUT2D eigenvalue weighted by Gasteiger charge is 2.92. The minimum atomic E-state index is -10.6. The van der Waals surface area contributed by atoms with Gasteiger partial charge >= 0.3 is 134 Å². The number of hydrogen-bond acceptors (Lipinski definition) is 12. The topological polar surface area (TPSA) is 144 Å². The number of alkyl halides is 43. The summed E-state index contributed by atoms with van der Waals surface area (Å²) in [5.74, 6) is 0. The molecule has 3 N–H and O–H groups in total. The Bertz CT molecular complexity index is 1800. The zero-order chi connectivity index (χ0) is 63.4. The molecule has 0 atom stereocenters. The fraction of sp³-hybridized carbons (Fsp3) is 1.00. The van der Waals surface area contributed by atoms with Gasteiger partial charge in [0.1, 0.15) is 0 Å². The van der Waals surface area contributed by atoms with Crippen LogP contribution in [0.5, 0.6) is 0 Å². The first-order valence-corrected chi connectivity index (χ1v) is 15.5. The van der Waals surface area contributed by atoms with Gasteiger partial charge < -0.3 is 15.3 Å². The van der Waals surface area contributed by atoms with Crippen molar-refractivity contribution in [3.8, 4) is 0 Å². The summed E-state index contributed by atoms with van der Waals surface area (Å²) in [5, 5.41) is 22.7. The summed E-state index contributed by atoms with van der Waals surface area (Å²) >= 11 is 0. The summed E-state index contributed by atoms with van der Waals surface area (Å²) in [6, 6.07) is 0. The van der Waals surface area contributed by atoms with E-state index in [0.717, 1.165) is 28.4 Å². The molecule has 0 heterocycles. The Morgan fingerprint density at radius 3 is 0.299 bits per heavy atom. The molecule has 464 valence electrons. The van der Waals surface area contributed by atoms with Crippen molar-refractivity contribution in [1.29, 1.82) is 0 Å². The van der Waals surface area contributed by atoms with Crippen LogP contribution in [0.2, 0.25) is 0 Å². The van der Waals surface area contributed by atoms with Crippen molar-refractivity contribution >= 4 is 0 Å². The lowest BCUT2D eigenvalue weighted by Gasteiger charge is -2.44. The fourth-order valence-electron chi connectivity index (χ4n) is 3.07. The van der Waals surface area contributed by atoms with Crippen LogP contribution < -0.4 is 0 Å². The molecule has 0 bridgehead atoms. The van der Waals surface area contributed by atoms with Crippen molar-refractivity contribution in [3.63, 3.8) is 0 Å². The molecule has 0 amide bonds. The number of ether oxygens (including phenoxy) is 9. The molecule has 0 fully saturated rings. The highest BCUT2D eigenvalue weighted by molar-refractivity contribution is 5.05. The minimum Gasteiger partial charge on any atom is -0.329 e. The Kier molecular flexibility index (Phi) is 18.7. The van der Waals surface area contributed by atoms with Crippen molar-refractivity contribution in [1.82, 2.24) is 0 Å². The molecule has 0 aromatic carbocycles. The summed E-state index contributed by atoms with van der Waals surface area (Å²) in [4.78, 5) is 0. The van der Waals surface area contributed by atoms with E-state index in [4.69, 9.17) is 15.3 Å². The van der Waals surface area contributed by atoms with Gasteiger partial charge in [-0.05, 0) is 0 Å². The quantitative estimate of drug-likeness (QED) is 0.0589. The lowest BCUT2D eigenvalue weighted by Crippen LogP contribution is -2.74. The molecule has 77 heavy (non-hydrogen) atoms. The van der Waals surface area contributed by atoms with Gasteiger partial charge in [0.25, 0.3) is 0 Å². The molecule has 0 spiro atoms. The van der Waals surface area contributed by atoms with E-state index in [1.54, 1.807) is 0 Å². The molecule has 0 aromatic heterocycles. The fourth-order valence-corrected chi connectivity index (χ4v) is 3.07. The van der Waals surface area contributed by atoms with Crippen LogP contribution in [0.3, 0.4) is 0 Å². The average Bonchev–Trinajstić information content (AvgIpc) is 3.05. The van der Waals surface area contributed by atoms with Crippen molar-refractivity contribution in [2.75, 3.05) is 0 Å². The van der Waals surface area contributed by atoms with Gasteiger partial charge in [-0.1, -0.05) is 0 Å². The van der Waals surface area contributed by atoms with Crippen LogP contribution in [0.4, 0.5) is 189 Å². The summed E-state index contributed by atoms with van der Waals surface area (Å²) in [5.41, 5.74) is -10.6. The first kappa shape index (κ1) is 73.5. The molecular formula is C22H3F43O12. The normalized spacial score (nSPS) is 16.9. The molecule has 0 saturated heterocycles. The van der Waals surface area contributed by atoms with E-state index in [2.05, 4.69) is 0 Å². The lowest BCUT2D eigenvalue weighted by molar-refractivity contribution is -0.608. The predicted molar refractivity (Wildman–Crippen MR) is 124 cm³/mol. The van der Waals surface area contributed by atoms with Crippen molar-refractivity contribution < 1.29 is 247 Å². The van der Waals surface area contributed by atoms with Crippen molar-refractivity contribution in [3.05, 3.63) is 0 Å². The maximum atomic E-state index is 15.5. The van der Waals surface area contributed by atoms with Crippen LogP contribution in [0, 0.1) is 0 Å². The van der Waals surface area contributed by atoms with Gasteiger partial charge in [-0.2, -0.15) is 184 Å². The average molecular weight is 1280 g/mol. The third kappa shape index (κ3) is 14.3. The molecule has 0 aliphatic carbocycles. The summed E-state index contributed by atoms with van der Waals surface area (Å²) in [7, 11) is 0. The molecule has 12 nitrogen and oxygen atoms in total. The smallest absolute Gasteiger partial charge is 0.329 e. The summed E-state index contributed by atoms with van der Waals surface area (Å²) < 4.78 is 591. The van der Waals surface area contributed by atoms with E-state index in [0.29, 0.717) is 14.2 Å². The maximum absolute atomic E-state index is 15.5. The largest absolute Gasteiger partial charge is 0.453 e. The van der Waals surface area contributed by atoms with Crippen molar-refractivity contribution in [2.45, 2.75) is 134 Å². The van der Waals surface area contributed by atoms with Gasteiger partial charge in [-0.3, -0.25) is 0 Å². The van der Waals surface area contributed by atoms with Crippen LogP contribution >= 0.6 is 0 Å². The molecule has 0 aromatic rings. The predicted octanol–water partition coefficient (Wildman–Crippen LogP) is 11.3. The first-order chi connectivity index (χ1) is 32.4. The Morgan fingerprint density at radius 1 is 0.130 bits per heavy atom. The zero-order valence-electron chi connectivity index (χ0n) is 32.3. The number of halogens is 43. The van der Waals surface area contributed by atoms with E-state index in [1.165, 1.54) is 0 Å². The number of aliphatic hydroxyl groups is 3. The van der Waals surface area contributed by atoms with Crippen molar-refractivity contribution in [2.24, 2.45) is 0 Å². The Labute approximate surface area is 382 Å². The highest BCUT2D eigenvalue weighted by atomic mass is 19.4. The van der Waals surface area contributed by atoms with E-state index >= 15 is 4.39 Å². The molecule has 0 unspecified atom stereocenters. The van der Waals surface area contributed by atoms with Crippen LogP contribution in [0.1, 0.15) is 0 Å². The molecule has 0 saturated carbocycles. The molecule has 0 aliphatic heterocycles. The van der Waals surface area contributed by atoms with Crippen LogP contribution in [0.25, 0.3) is 0 Å². The second-order valence-corrected chi connectivity index (χ2v) is 12.5.